The first kappa shape index (κ1) is 19.2. The first-order valence-corrected chi connectivity index (χ1v) is 10.8. The van der Waals surface area contributed by atoms with Crippen molar-refractivity contribution < 1.29 is 0 Å². The van der Waals surface area contributed by atoms with Crippen molar-refractivity contribution in [2.45, 2.75) is 65.0 Å². The molecule has 2 fully saturated rings. The molecular weight excluding hydrogens is 350 g/mol. The van der Waals surface area contributed by atoms with Crippen LogP contribution in [-0.4, -0.2) is 52.2 Å². The number of nitrogens with one attached hydrogen (secondary N) is 2. The lowest BCUT2D eigenvalue weighted by Gasteiger charge is -2.35. The molecule has 7 nitrogen and oxygen atoms in total. The highest BCUT2D eigenvalue weighted by Gasteiger charge is 2.25. The Morgan fingerprint density at radius 1 is 1.11 bits per heavy atom. The zero-order valence-electron chi connectivity index (χ0n) is 17.4. The Morgan fingerprint density at radius 3 is 2.50 bits per heavy atom. The third-order valence-electron chi connectivity index (χ3n) is 5.93. The van der Waals surface area contributed by atoms with Gasteiger partial charge in [0.1, 0.15) is 11.6 Å². The van der Waals surface area contributed by atoms with Gasteiger partial charge in [-0.2, -0.15) is 4.98 Å². The highest BCUT2D eigenvalue weighted by molar-refractivity contribution is 5.46. The van der Waals surface area contributed by atoms with Crippen LogP contribution in [0.5, 0.6) is 0 Å². The molecule has 1 atom stereocenters. The van der Waals surface area contributed by atoms with E-state index in [-0.39, 0.29) is 0 Å². The van der Waals surface area contributed by atoms with Crippen molar-refractivity contribution in [3.05, 3.63) is 29.5 Å². The fourth-order valence-electron chi connectivity index (χ4n) is 4.32. The molecule has 1 unspecified atom stereocenters. The minimum Gasteiger partial charge on any atom is -0.356 e. The Kier molecular flexibility index (Phi) is 5.80. The third kappa shape index (κ3) is 4.29. The molecule has 0 bridgehead atoms. The number of rotatable bonds is 6. The van der Waals surface area contributed by atoms with Crippen molar-refractivity contribution in [1.29, 1.82) is 0 Å². The molecule has 2 aliphatic rings. The van der Waals surface area contributed by atoms with Crippen LogP contribution >= 0.6 is 0 Å². The molecule has 28 heavy (non-hydrogen) atoms. The second-order valence-electron chi connectivity index (χ2n) is 8.20. The predicted molar refractivity (Wildman–Crippen MR) is 113 cm³/mol. The molecule has 2 saturated heterocycles. The van der Waals surface area contributed by atoms with Crippen molar-refractivity contribution in [2.75, 3.05) is 36.0 Å². The lowest BCUT2D eigenvalue weighted by atomic mass is 10.0. The summed E-state index contributed by atoms with van der Waals surface area (Å²) < 4.78 is 0. The van der Waals surface area contributed by atoms with Gasteiger partial charge in [-0.25, -0.2) is 9.97 Å². The molecule has 2 N–H and O–H groups in total. The molecule has 2 aromatic heterocycles. The van der Waals surface area contributed by atoms with E-state index in [1.165, 1.54) is 12.8 Å². The highest BCUT2D eigenvalue weighted by atomic mass is 15.3. The first-order valence-electron chi connectivity index (χ1n) is 10.8. The van der Waals surface area contributed by atoms with E-state index in [0.717, 1.165) is 74.4 Å². The number of piperidine rings is 1. The highest BCUT2D eigenvalue weighted by Crippen LogP contribution is 2.24. The summed E-state index contributed by atoms with van der Waals surface area (Å²) in [7, 11) is 0. The number of aromatic amines is 1. The molecule has 0 aliphatic carbocycles. The molecule has 0 spiro atoms. The van der Waals surface area contributed by atoms with Crippen molar-refractivity contribution in [3.8, 4) is 0 Å². The summed E-state index contributed by atoms with van der Waals surface area (Å²) in [5.74, 6) is 3.05. The van der Waals surface area contributed by atoms with Crippen molar-refractivity contribution in [3.63, 3.8) is 0 Å². The molecule has 4 heterocycles. The van der Waals surface area contributed by atoms with Gasteiger partial charge in [0.05, 0.1) is 6.04 Å². The molecular formula is C21H33N7. The lowest BCUT2D eigenvalue weighted by Crippen LogP contribution is -2.44. The molecule has 0 radical (unpaired) electrons. The van der Waals surface area contributed by atoms with Crippen LogP contribution in [0, 0.1) is 13.8 Å². The summed E-state index contributed by atoms with van der Waals surface area (Å²) in [4.78, 5) is 22.2. The van der Waals surface area contributed by atoms with E-state index >= 15 is 0 Å². The second kappa shape index (κ2) is 8.47. The van der Waals surface area contributed by atoms with Gasteiger partial charge >= 0.3 is 0 Å². The molecule has 152 valence electrons. The predicted octanol–water partition coefficient (Wildman–Crippen LogP) is 3.13. The van der Waals surface area contributed by atoms with Crippen LogP contribution in [0.2, 0.25) is 0 Å². The summed E-state index contributed by atoms with van der Waals surface area (Å²) in [6.07, 6.45) is 7.70. The minimum absolute atomic E-state index is 0.299. The maximum absolute atomic E-state index is 4.90. The normalized spacial score (nSPS) is 19.4. The first-order chi connectivity index (χ1) is 13.6. The quantitative estimate of drug-likeness (QED) is 0.798. The van der Waals surface area contributed by atoms with Gasteiger partial charge in [0, 0.05) is 55.9 Å². The van der Waals surface area contributed by atoms with E-state index in [9.17, 15) is 0 Å². The van der Waals surface area contributed by atoms with E-state index < -0.39 is 0 Å². The minimum atomic E-state index is 0.299. The summed E-state index contributed by atoms with van der Waals surface area (Å²) in [5.41, 5.74) is 2.18. The summed E-state index contributed by atoms with van der Waals surface area (Å²) in [6.45, 7) is 10.6. The average molecular weight is 384 g/mol. The van der Waals surface area contributed by atoms with Crippen LogP contribution in [0.4, 0.5) is 11.8 Å². The van der Waals surface area contributed by atoms with Gasteiger partial charge in [-0.3, -0.25) is 0 Å². The fourth-order valence-corrected chi connectivity index (χ4v) is 4.32. The van der Waals surface area contributed by atoms with Gasteiger partial charge in [-0.1, -0.05) is 6.92 Å². The Bertz CT molecular complexity index is 773. The number of hydrogen-bond acceptors (Lipinski definition) is 6. The van der Waals surface area contributed by atoms with Crippen LogP contribution < -0.4 is 15.1 Å². The van der Waals surface area contributed by atoms with E-state index in [1.54, 1.807) is 0 Å². The van der Waals surface area contributed by atoms with Gasteiger partial charge in [-0.05, 0) is 46.0 Å². The molecule has 2 aromatic rings. The molecule has 4 rings (SSSR count). The number of aryl methyl sites for hydroxylation is 2. The summed E-state index contributed by atoms with van der Waals surface area (Å²) in [6, 6.07) is 2.95. The monoisotopic (exact) mass is 383 g/mol. The van der Waals surface area contributed by atoms with Gasteiger partial charge in [-0.15, -0.1) is 0 Å². The molecule has 2 aliphatic heterocycles. The Balaban J connectivity index is 1.37. The van der Waals surface area contributed by atoms with Crippen molar-refractivity contribution in [2.24, 2.45) is 0 Å². The maximum atomic E-state index is 4.90. The summed E-state index contributed by atoms with van der Waals surface area (Å²) >= 11 is 0. The van der Waals surface area contributed by atoms with Gasteiger partial charge < -0.3 is 20.1 Å². The van der Waals surface area contributed by atoms with Crippen LogP contribution in [0.3, 0.4) is 0 Å². The smallest absolute Gasteiger partial charge is 0.227 e. The third-order valence-corrected chi connectivity index (χ3v) is 5.93. The maximum Gasteiger partial charge on any atom is 0.227 e. The fraction of sp³-hybridized carbons (Fsp3) is 0.667. The van der Waals surface area contributed by atoms with Crippen molar-refractivity contribution in [1.82, 2.24) is 25.3 Å². The SMILES string of the molecule is CCC(NC1CCN(c2cc(C)nc(N3CCCC3)n2)CC1)c1ncc(C)[nH]1. The standard InChI is InChI=1S/C21H33N7/c1-4-18(20-22-14-16(3)23-20)25-17-7-11-27(12-8-17)19-13-15(2)24-21(26-19)28-9-5-6-10-28/h13-14,17-18,25H,4-12H2,1-3H3,(H,22,23). The number of imidazole rings is 1. The van der Waals surface area contributed by atoms with Gasteiger partial charge in [0.2, 0.25) is 5.95 Å². The topological polar surface area (TPSA) is 73.0 Å². The molecule has 7 heteroatoms. The van der Waals surface area contributed by atoms with E-state index in [0.29, 0.717) is 12.1 Å². The number of nitrogens with zero attached hydrogens (tertiary/aromatic N) is 5. The largest absolute Gasteiger partial charge is 0.356 e. The van der Waals surface area contributed by atoms with E-state index in [2.05, 4.69) is 56.9 Å². The Labute approximate surface area is 168 Å². The summed E-state index contributed by atoms with van der Waals surface area (Å²) in [5, 5.41) is 3.81. The van der Waals surface area contributed by atoms with Gasteiger partial charge in [0.25, 0.3) is 0 Å². The number of hydrogen-bond donors (Lipinski definition) is 2. The van der Waals surface area contributed by atoms with Crippen LogP contribution in [0.15, 0.2) is 12.3 Å². The Hall–Kier alpha value is -2.15. The number of H-pyrrole nitrogens is 1. The van der Waals surface area contributed by atoms with E-state index in [4.69, 9.17) is 4.98 Å². The second-order valence-corrected chi connectivity index (χ2v) is 8.20. The van der Waals surface area contributed by atoms with Crippen LogP contribution in [0.1, 0.15) is 62.3 Å². The Morgan fingerprint density at radius 2 is 1.86 bits per heavy atom. The molecule has 0 amide bonds. The van der Waals surface area contributed by atoms with Crippen LogP contribution in [-0.2, 0) is 0 Å². The number of aromatic nitrogens is 4. The zero-order valence-corrected chi connectivity index (χ0v) is 17.4. The number of anilines is 2. The average Bonchev–Trinajstić information content (AvgIpc) is 3.38. The lowest BCUT2D eigenvalue weighted by molar-refractivity contribution is 0.356. The molecule has 0 aromatic carbocycles. The van der Waals surface area contributed by atoms with Crippen LogP contribution in [0.25, 0.3) is 0 Å². The van der Waals surface area contributed by atoms with E-state index in [1.807, 2.05) is 6.20 Å². The zero-order chi connectivity index (χ0) is 19.5. The van der Waals surface area contributed by atoms with Crippen molar-refractivity contribution >= 4 is 11.8 Å². The van der Waals surface area contributed by atoms with Gasteiger partial charge in [0.15, 0.2) is 0 Å². The molecule has 0 saturated carbocycles.